The van der Waals surface area contributed by atoms with Crippen molar-refractivity contribution < 1.29 is 0 Å². The van der Waals surface area contributed by atoms with Gasteiger partial charge in [-0.2, -0.15) is 0 Å². The van der Waals surface area contributed by atoms with Crippen LogP contribution in [-0.2, 0) is 12.8 Å². The zero-order valence-corrected chi connectivity index (χ0v) is 13.0. The van der Waals surface area contributed by atoms with Gasteiger partial charge < -0.3 is 10.7 Å². The predicted molar refractivity (Wildman–Crippen MR) is 83.4 cm³/mol. The third-order valence-electron chi connectivity index (χ3n) is 2.54. The van der Waals surface area contributed by atoms with Crippen LogP contribution in [0.2, 0.25) is 0 Å². The number of hydrogen-bond donors (Lipinski definition) is 3. The summed E-state index contributed by atoms with van der Waals surface area (Å²) >= 11 is 5.21. The van der Waals surface area contributed by atoms with E-state index in [0.717, 1.165) is 34.8 Å². The summed E-state index contributed by atoms with van der Waals surface area (Å²) in [5, 5.41) is 3.30. The monoisotopic (exact) mass is 341 g/mol. The molecule has 0 saturated carbocycles. The van der Waals surface area contributed by atoms with E-state index in [1.807, 2.05) is 13.0 Å². The molecule has 0 aliphatic carbocycles. The van der Waals surface area contributed by atoms with Gasteiger partial charge in [-0.1, -0.05) is 6.92 Å². The van der Waals surface area contributed by atoms with E-state index in [4.69, 9.17) is 5.84 Å². The minimum Gasteiger partial charge on any atom is -0.370 e. The van der Waals surface area contributed by atoms with Crippen LogP contribution >= 0.6 is 27.3 Å². The zero-order valence-electron chi connectivity index (χ0n) is 10.6. The number of rotatable bonds is 6. The van der Waals surface area contributed by atoms with E-state index in [0.29, 0.717) is 5.82 Å². The molecule has 0 spiro atoms. The molecule has 2 aromatic heterocycles. The predicted octanol–water partition coefficient (Wildman–Crippen LogP) is 2.80. The summed E-state index contributed by atoms with van der Waals surface area (Å²) in [7, 11) is 0. The van der Waals surface area contributed by atoms with Gasteiger partial charge in [-0.05, 0) is 34.5 Å². The lowest BCUT2D eigenvalue weighted by atomic mass is 10.3. The highest BCUT2D eigenvalue weighted by Crippen LogP contribution is 2.22. The van der Waals surface area contributed by atoms with Gasteiger partial charge in [0.25, 0.3) is 0 Å². The number of nitrogens with zero attached hydrogens (tertiary/aromatic N) is 2. The molecule has 0 unspecified atom stereocenters. The van der Waals surface area contributed by atoms with Crippen LogP contribution in [0.1, 0.15) is 17.6 Å². The van der Waals surface area contributed by atoms with Crippen LogP contribution in [0.5, 0.6) is 0 Å². The lowest BCUT2D eigenvalue weighted by molar-refractivity contribution is 0.926. The van der Waals surface area contributed by atoms with Gasteiger partial charge in [0.05, 0.1) is 3.79 Å². The van der Waals surface area contributed by atoms with E-state index in [9.17, 15) is 0 Å². The minimum atomic E-state index is 0.633. The van der Waals surface area contributed by atoms with Gasteiger partial charge in [0.2, 0.25) is 0 Å². The lowest BCUT2D eigenvalue weighted by Crippen LogP contribution is -2.13. The van der Waals surface area contributed by atoms with E-state index in [2.05, 4.69) is 48.8 Å². The number of nitrogens with two attached hydrogens (primary N) is 1. The maximum atomic E-state index is 5.39. The number of nitrogens with one attached hydrogen (secondary N) is 2. The molecule has 7 heteroatoms. The van der Waals surface area contributed by atoms with Crippen molar-refractivity contribution in [2.24, 2.45) is 5.84 Å². The highest BCUT2D eigenvalue weighted by atomic mass is 79.9. The quantitative estimate of drug-likeness (QED) is 0.556. The van der Waals surface area contributed by atoms with Gasteiger partial charge in [0.15, 0.2) is 0 Å². The molecular formula is C12H16BrN5S. The first kappa shape index (κ1) is 14.2. The molecule has 2 rings (SSSR count). The van der Waals surface area contributed by atoms with E-state index in [-0.39, 0.29) is 0 Å². The normalized spacial score (nSPS) is 10.5. The summed E-state index contributed by atoms with van der Waals surface area (Å²) in [4.78, 5) is 10.00. The molecule has 2 heterocycles. The Morgan fingerprint density at radius 3 is 2.74 bits per heavy atom. The smallest absolute Gasteiger partial charge is 0.145 e. The fourth-order valence-corrected chi connectivity index (χ4v) is 3.10. The Bertz CT molecular complexity index is 520. The molecule has 0 amide bonds. The number of aryl methyl sites for hydroxylation is 1. The van der Waals surface area contributed by atoms with Crippen molar-refractivity contribution >= 4 is 38.9 Å². The summed E-state index contributed by atoms with van der Waals surface area (Å²) in [5.41, 5.74) is 2.56. The Kier molecular flexibility index (Phi) is 5.12. The molecule has 4 N–H and O–H groups in total. The second-order valence-corrected chi connectivity index (χ2v) is 6.48. The maximum absolute atomic E-state index is 5.39. The fraction of sp³-hybridized carbons (Fsp3) is 0.333. The molecule has 5 nitrogen and oxygen atoms in total. The van der Waals surface area contributed by atoms with E-state index < -0.39 is 0 Å². The average molecular weight is 342 g/mol. The van der Waals surface area contributed by atoms with E-state index in [1.54, 1.807) is 11.3 Å². The molecule has 2 aromatic rings. The van der Waals surface area contributed by atoms with Gasteiger partial charge >= 0.3 is 0 Å². The summed E-state index contributed by atoms with van der Waals surface area (Å²) < 4.78 is 1.16. The molecule has 0 aliphatic rings. The Labute approximate surface area is 124 Å². The van der Waals surface area contributed by atoms with Crippen molar-refractivity contribution in [2.45, 2.75) is 19.8 Å². The standard InChI is InChI=1S/C12H16BrN5S/c1-2-10-16-11(7-12(17-10)18-14)15-6-5-8-3-4-9(13)19-8/h3-4,7H,2,5-6,14H2,1H3,(H2,15,16,17,18). The van der Waals surface area contributed by atoms with Crippen molar-refractivity contribution in [3.63, 3.8) is 0 Å². The fourth-order valence-electron chi connectivity index (χ4n) is 1.62. The van der Waals surface area contributed by atoms with E-state index in [1.165, 1.54) is 4.88 Å². The van der Waals surface area contributed by atoms with Crippen LogP contribution < -0.4 is 16.6 Å². The van der Waals surface area contributed by atoms with Crippen LogP contribution in [0.25, 0.3) is 0 Å². The zero-order chi connectivity index (χ0) is 13.7. The number of nitrogen functional groups attached to an aromatic ring is 1. The third kappa shape index (κ3) is 4.15. The van der Waals surface area contributed by atoms with Crippen LogP contribution in [0, 0.1) is 0 Å². The van der Waals surface area contributed by atoms with Gasteiger partial charge in [0, 0.05) is 23.9 Å². The van der Waals surface area contributed by atoms with Crippen molar-refractivity contribution in [3.05, 3.63) is 32.7 Å². The second kappa shape index (κ2) is 6.83. The van der Waals surface area contributed by atoms with Crippen LogP contribution in [0.15, 0.2) is 22.0 Å². The maximum Gasteiger partial charge on any atom is 0.145 e. The molecular weight excluding hydrogens is 326 g/mol. The third-order valence-corrected chi connectivity index (χ3v) is 4.23. The largest absolute Gasteiger partial charge is 0.370 e. The Hall–Kier alpha value is -1.18. The minimum absolute atomic E-state index is 0.633. The Morgan fingerprint density at radius 2 is 2.11 bits per heavy atom. The first-order valence-electron chi connectivity index (χ1n) is 6.04. The van der Waals surface area contributed by atoms with Crippen LogP contribution in [0.4, 0.5) is 11.6 Å². The van der Waals surface area contributed by atoms with Gasteiger partial charge in [-0.3, -0.25) is 0 Å². The lowest BCUT2D eigenvalue weighted by Gasteiger charge is -2.08. The second-order valence-electron chi connectivity index (χ2n) is 3.94. The summed E-state index contributed by atoms with van der Waals surface area (Å²) in [5.74, 6) is 7.60. The van der Waals surface area contributed by atoms with Crippen LogP contribution in [-0.4, -0.2) is 16.5 Å². The Morgan fingerprint density at radius 1 is 1.32 bits per heavy atom. The summed E-state index contributed by atoms with van der Waals surface area (Å²) in [6.07, 6.45) is 1.75. The first-order valence-corrected chi connectivity index (χ1v) is 7.65. The SMILES string of the molecule is CCc1nc(NN)cc(NCCc2ccc(Br)s2)n1. The van der Waals surface area contributed by atoms with Crippen molar-refractivity contribution in [1.82, 2.24) is 9.97 Å². The van der Waals surface area contributed by atoms with E-state index >= 15 is 0 Å². The molecule has 0 fully saturated rings. The molecule has 0 aromatic carbocycles. The van der Waals surface area contributed by atoms with Crippen LogP contribution in [0.3, 0.4) is 0 Å². The molecule has 0 saturated heterocycles. The van der Waals surface area contributed by atoms with Crippen molar-refractivity contribution in [1.29, 1.82) is 0 Å². The number of halogens is 1. The summed E-state index contributed by atoms with van der Waals surface area (Å²) in [6, 6.07) is 6.00. The van der Waals surface area contributed by atoms with Crippen molar-refractivity contribution in [2.75, 3.05) is 17.3 Å². The molecule has 0 radical (unpaired) electrons. The number of hydrogen-bond acceptors (Lipinski definition) is 6. The highest BCUT2D eigenvalue weighted by Gasteiger charge is 2.03. The molecule has 19 heavy (non-hydrogen) atoms. The van der Waals surface area contributed by atoms with Gasteiger partial charge in [0.1, 0.15) is 17.5 Å². The van der Waals surface area contributed by atoms with Gasteiger partial charge in [-0.15, -0.1) is 11.3 Å². The van der Waals surface area contributed by atoms with Gasteiger partial charge in [-0.25, -0.2) is 15.8 Å². The summed E-state index contributed by atoms with van der Waals surface area (Å²) in [6.45, 7) is 2.85. The molecule has 0 bridgehead atoms. The highest BCUT2D eigenvalue weighted by molar-refractivity contribution is 9.11. The molecule has 0 aliphatic heterocycles. The molecule has 102 valence electrons. The molecule has 0 atom stereocenters. The Balaban J connectivity index is 1.95. The first-order chi connectivity index (χ1) is 9.21. The van der Waals surface area contributed by atoms with Crippen molar-refractivity contribution in [3.8, 4) is 0 Å². The number of anilines is 2. The average Bonchev–Trinajstić information content (AvgIpc) is 2.84. The number of aromatic nitrogens is 2. The topological polar surface area (TPSA) is 75.9 Å². The number of hydrazine groups is 1. The number of thiophene rings is 1.